The highest BCUT2D eigenvalue weighted by atomic mass is 127. The minimum absolute atomic E-state index is 0.0130. The first-order valence-corrected chi connectivity index (χ1v) is 9.33. The summed E-state index contributed by atoms with van der Waals surface area (Å²) in [5, 5.41) is 0. The number of alkyl halides is 1. The molecule has 1 aliphatic heterocycles. The summed E-state index contributed by atoms with van der Waals surface area (Å²) in [6.07, 6.45) is 8.09. The molecule has 0 aliphatic carbocycles. The molecule has 0 fully saturated rings. The number of hydrogen-bond acceptors (Lipinski definition) is 6. The number of hydrogen-bond donors (Lipinski definition) is 0. The van der Waals surface area contributed by atoms with Crippen LogP contribution in [0.4, 0.5) is 0 Å². The summed E-state index contributed by atoms with van der Waals surface area (Å²) in [6, 6.07) is 2.64. The fraction of sp³-hybridized carbons (Fsp3) is 0.267. The number of carbonyl (C=O) groups excluding carboxylic acids is 1. The fourth-order valence-electron chi connectivity index (χ4n) is 2.03. The number of carbonyl (C=O) groups is 1. The molecule has 0 radical (unpaired) electrons. The third-order valence-corrected chi connectivity index (χ3v) is 4.72. The van der Waals surface area contributed by atoms with E-state index in [2.05, 4.69) is 43.2 Å². The molecule has 0 bridgehead atoms. The number of esters is 1. The monoisotopic (exact) mass is 444 g/mol. The first-order valence-electron chi connectivity index (χ1n) is 6.36. The van der Waals surface area contributed by atoms with E-state index < -0.39 is 19.4 Å². The summed E-state index contributed by atoms with van der Waals surface area (Å²) in [7, 11) is -2.43. The van der Waals surface area contributed by atoms with Crippen LogP contribution in [-0.2, 0) is 14.6 Å². The lowest BCUT2D eigenvalue weighted by atomic mass is 10.0. The molecule has 0 spiro atoms. The van der Waals surface area contributed by atoms with E-state index in [4.69, 9.17) is 6.42 Å². The Labute approximate surface area is 148 Å². The van der Waals surface area contributed by atoms with Gasteiger partial charge >= 0.3 is 5.97 Å². The quantitative estimate of drug-likeness (QED) is 0.234. The maximum Gasteiger partial charge on any atom is 0.339 e. The minimum atomic E-state index is -3.63. The van der Waals surface area contributed by atoms with Crippen molar-refractivity contribution >= 4 is 50.4 Å². The number of terminal acetylenes is 1. The number of nitrogens with zero attached hydrogens (tertiary/aromatic N) is 2. The molecular weight excluding hydrogens is 431 g/mol. The van der Waals surface area contributed by atoms with Crippen LogP contribution in [0.15, 0.2) is 27.0 Å². The molecule has 23 heavy (non-hydrogen) atoms. The second-order valence-electron chi connectivity index (χ2n) is 5.02. The highest BCUT2D eigenvalue weighted by Crippen LogP contribution is 2.29. The highest BCUT2D eigenvalue weighted by molar-refractivity contribution is 14.1. The Morgan fingerprint density at radius 1 is 1.43 bits per heavy atom. The van der Waals surface area contributed by atoms with Crippen LogP contribution in [0.1, 0.15) is 28.4 Å². The molecule has 0 amide bonds. The molecule has 0 saturated carbocycles. The van der Waals surface area contributed by atoms with Gasteiger partial charge in [-0.1, -0.05) is 5.92 Å². The number of aliphatic imine (C=N–C) groups is 2. The molecular formula is C15H13IN2O4S. The van der Waals surface area contributed by atoms with Gasteiger partial charge in [0.25, 0.3) is 0 Å². The molecule has 1 aliphatic rings. The van der Waals surface area contributed by atoms with Crippen LogP contribution in [0.5, 0.6) is 0 Å². The van der Waals surface area contributed by atoms with Crippen LogP contribution in [0.2, 0.25) is 0 Å². The summed E-state index contributed by atoms with van der Waals surface area (Å²) in [4.78, 5) is 20.3. The van der Waals surface area contributed by atoms with Crippen molar-refractivity contribution < 1.29 is 17.9 Å². The lowest BCUT2D eigenvalue weighted by molar-refractivity contribution is 0.0600. The Kier molecular flexibility index (Phi) is 4.64. The number of halogens is 1. The van der Waals surface area contributed by atoms with Gasteiger partial charge in [0.2, 0.25) is 0 Å². The standard InChI is InChI=1S/C15H13IN2O4S/c1-5-9-6-11(13-17-8-15(2,16)18-13)12(23(4,20)21)7-10(9)14(19)22-3/h1,6-8H,2-4H3. The van der Waals surface area contributed by atoms with E-state index in [-0.39, 0.29) is 27.4 Å². The van der Waals surface area contributed by atoms with Crippen LogP contribution in [0.25, 0.3) is 0 Å². The Hall–Kier alpha value is -1.73. The number of ether oxygens (including phenoxy) is 1. The van der Waals surface area contributed by atoms with Crippen molar-refractivity contribution in [2.45, 2.75) is 15.4 Å². The van der Waals surface area contributed by atoms with Crippen molar-refractivity contribution in [2.75, 3.05) is 13.4 Å². The largest absolute Gasteiger partial charge is 0.465 e. The molecule has 120 valence electrons. The number of methoxy groups -OCH3 is 1. The summed E-state index contributed by atoms with van der Waals surface area (Å²) in [5.74, 6) is 1.93. The highest BCUT2D eigenvalue weighted by Gasteiger charge is 2.28. The van der Waals surface area contributed by atoms with Crippen LogP contribution >= 0.6 is 22.6 Å². The van der Waals surface area contributed by atoms with Crippen LogP contribution in [0.3, 0.4) is 0 Å². The molecule has 8 heteroatoms. The normalized spacial score (nSPS) is 20.0. The Balaban J connectivity index is 2.80. The van der Waals surface area contributed by atoms with E-state index in [0.717, 1.165) is 6.26 Å². The molecule has 0 N–H and O–H groups in total. The summed E-state index contributed by atoms with van der Waals surface area (Å²) in [6.45, 7) is 1.83. The van der Waals surface area contributed by atoms with Gasteiger partial charge < -0.3 is 4.74 Å². The molecule has 1 aromatic rings. The average molecular weight is 444 g/mol. The zero-order chi connectivity index (χ0) is 17.4. The van der Waals surface area contributed by atoms with Crippen LogP contribution in [-0.4, -0.2) is 43.3 Å². The smallest absolute Gasteiger partial charge is 0.339 e. The molecule has 0 aromatic heterocycles. The molecule has 1 heterocycles. The van der Waals surface area contributed by atoms with E-state index in [1.807, 2.05) is 6.92 Å². The second-order valence-corrected chi connectivity index (χ2v) is 9.19. The van der Waals surface area contributed by atoms with Gasteiger partial charge in [-0.3, -0.25) is 0 Å². The lowest BCUT2D eigenvalue weighted by Crippen LogP contribution is -2.13. The first-order chi connectivity index (χ1) is 10.6. The zero-order valence-corrected chi connectivity index (χ0v) is 15.6. The van der Waals surface area contributed by atoms with Crippen molar-refractivity contribution in [3.63, 3.8) is 0 Å². The lowest BCUT2D eigenvalue weighted by Gasteiger charge is -2.11. The maximum atomic E-state index is 12.1. The SMILES string of the molecule is C#Cc1cc(C2=NC(C)(I)C=N2)c(S(C)(=O)=O)cc1C(=O)OC. The molecule has 6 nitrogen and oxygen atoms in total. The topological polar surface area (TPSA) is 85.2 Å². The van der Waals surface area contributed by atoms with Gasteiger partial charge in [-0.25, -0.2) is 23.2 Å². The average Bonchev–Trinajstić information content (AvgIpc) is 2.84. The Bertz CT molecular complexity index is 893. The van der Waals surface area contributed by atoms with Crippen molar-refractivity contribution in [1.82, 2.24) is 0 Å². The van der Waals surface area contributed by atoms with Crippen molar-refractivity contribution in [2.24, 2.45) is 9.98 Å². The maximum absolute atomic E-state index is 12.1. The number of sulfone groups is 1. The fourth-order valence-corrected chi connectivity index (χ4v) is 3.28. The summed E-state index contributed by atoms with van der Waals surface area (Å²) < 4.78 is 28.3. The van der Waals surface area contributed by atoms with Crippen molar-refractivity contribution in [3.05, 3.63) is 28.8 Å². The van der Waals surface area contributed by atoms with E-state index in [1.165, 1.54) is 19.2 Å². The van der Waals surface area contributed by atoms with E-state index in [9.17, 15) is 13.2 Å². The molecule has 2 rings (SSSR count). The molecule has 1 aromatic carbocycles. The third-order valence-electron chi connectivity index (χ3n) is 3.07. The number of rotatable bonds is 3. The van der Waals surface area contributed by atoms with Crippen molar-refractivity contribution in [3.8, 4) is 12.3 Å². The van der Waals surface area contributed by atoms with E-state index >= 15 is 0 Å². The predicted octanol–water partition coefficient (Wildman–Crippen LogP) is 1.84. The second kappa shape index (κ2) is 6.05. The van der Waals surface area contributed by atoms with Gasteiger partial charge in [0.15, 0.2) is 15.7 Å². The van der Waals surface area contributed by atoms with Gasteiger partial charge in [0.05, 0.1) is 17.6 Å². The van der Waals surface area contributed by atoms with Gasteiger partial charge in [-0.2, -0.15) is 0 Å². The van der Waals surface area contributed by atoms with Gasteiger partial charge in [-0.15, -0.1) is 6.42 Å². The van der Waals surface area contributed by atoms with Gasteiger partial charge in [0, 0.05) is 23.6 Å². The molecule has 1 unspecified atom stereocenters. The molecule has 0 saturated heterocycles. The number of amidine groups is 1. The van der Waals surface area contributed by atoms with Crippen molar-refractivity contribution in [1.29, 1.82) is 0 Å². The summed E-state index contributed by atoms with van der Waals surface area (Å²) >= 11 is 2.08. The molecule has 1 atom stereocenters. The van der Waals surface area contributed by atoms with Gasteiger partial charge in [0.1, 0.15) is 3.55 Å². The Morgan fingerprint density at radius 3 is 2.52 bits per heavy atom. The number of benzene rings is 1. The van der Waals surface area contributed by atoms with E-state index in [1.54, 1.807) is 6.21 Å². The third kappa shape index (κ3) is 3.61. The minimum Gasteiger partial charge on any atom is -0.465 e. The summed E-state index contributed by atoms with van der Waals surface area (Å²) in [5.41, 5.74) is 0.503. The first kappa shape index (κ1) is 17.6. The zero-order valence-electron chi connectivity index (χ0n) is 12.6. The van der Waals surface area contributed by atoms with Gasteiger partial charge in [-0.05, 0) is 41.6 Å². The predicted molar refractivity (Wildman–Crippen MR) is 96.3 cm³/mol. The Morgan fingerprint density at radius 2 is 2.09 bits per heavy atom. The van der Waals surface area contributed by atoms with E-state index in [0.29, 0.717) is 0 Å². The van der Waals surface area contributed by atoms with Crippen LogP contribution in [0, 0.1) is 12.3 Å². The van der Waals surface area contributed by atoms with Crippen LogP contribution < -0.4 is 0 Å².